The molecule has 2 N–H and O–H groups in total. The summed E-state index contributed by atoms with van der Waals surface area (Å²) in [6.07, 6.45) is 5.23. The molecule has 1 heterocycles. The van der Waals surface area contributed by atoms with Crippen molar-refractivity contribution in [2.24, 2.45) is 5.41 Å². The Labute approximate surface area is 103 Å². The molecule has 0 bridgehead atoms. The van der Waals surface area contributed by atoms with Crippen LogP contribution in [0, 0.1) is 5.41 Å². The fraction of sp³-hybridized carbons (Fsp3) is 0.692. The van der Waals surface area contributed by atoms with Crippen molar-refractivity contribution in [3.05, 3.63) is 11.9 Å². The Hall–Kier alpha value is -1.32. The van der Waals surface area contributed by atoms with Crippen molar-refractivity contribution in [1.29, 1.82) is 0 Å². The van der Waals surface area contributed by atoms with Crippen LogP contribution < -0.4 is 10.6 Å². The molecule has 2 rings (SSSR count). The Balaban J connectivity index is 2.11. The number of nitrogens with one attached hydrogen (secondary N) is 2. The Bertz CT molecular complexity index is 385. The molecule has 0 saturated heterocycles. The van der Waals surface area contributed by atoms with Crippen LogP contribution in [0.1, 0.15) is 39.2 Å². The van der Waals surface area contributed by atoms with Crippen LogP contribution in [-0.2, 0) is 6.42 Å². The smallest absolute Gasteiger partial charge is 0.134 e. The highest BCUT2D eigenvalue weighted by atomic mass is 15.1. The first-order valence-electron chi connectivity index (χ1n) is 6.50. The number of aromatic nitrogens is 2. The van der Waals surface area contributed by atoms with Gasteiger partial charge in [-0.1, -0.05) is 13.8 Å². The van der Waals surface area contributed by atoms with E-state index in [1.165, 1.54) is 18.4 Å². The summed E-state index contributed by atoms with van der Waals surface area (Å²) >= 11 is 0. The van der Waals surface area contributed by atoms with Gasteiger partial charge in [0, 0.05) is 18.7 Å². The number of rotatable bonds is 6. The monoisotopic (exact) mass is 234 g/mol. The summed E-state index contributed by atoms with van der Waals surface area (Å²) in [5, 5.41) is 6.76. The van der Waals surface area contributed by atoms with Crippen molar-refractivity contribution in [3.63, 3.8) is 0 Å². The van der Waals surface area contributed by atoms with Gasteiger partial charge in [-0.2, -0.15) is 0 Å². The first kappa shape index (κ1) is 12.1. The maximum atomic E-state index is 4.36. The molecule has 0 amide bonds. The maximum Gasteiger partial charge on any atom is 0.134 e. The van der Waals surface area contributed by atoms with Crippen LogP contribution in [0.25, 0.3) is 0 Å². The molecule has 4 nitrogen and oxygen atoms in total. The molecule has 0 aliphatic heterocycles. The third kappa shape index (κ3) is 2.87. The van der Waals surface area contributed by atoms with E-state index in [1.54, 1.807) is 6.33 Å². The zero-order valence-corrected chi connectivity index (χ0v) is 11.0. The number of hydrogen-bond acceptors (Lipinski definition) is 4. The standard InChI is InChI=1S/C13H22N4/c1-4-10-11(14-5-2)16-9-17-12(10)15-8-13(3)6-7-13/h9H,4-8H2,1-3H3,(H2,14,15,16,17). The van der Waals surface area contributed by atoms with Crippen molar-refractivity contribution in [1.82, 2.24) is 9.97 Å². The van der Waals surface area contributed by atoms with E-state index in [2.05, 4.69) is 41.4 Å². The van der Waals surface area contributed by atoms with Gasteiger partial charge in [0.25, 0.3) is 0 Å². The van der Waals surface area contributed by atoms with Crippen LogP contribution >= 0.6 is 0 Å². The molecule has 94 valence electrons. The Morgan fingerprint density at radius 2 is 1.82 bits per heavy atom. The molecule has 1 aliphatic rings. The molecule has 0 spiro atoms. The van der Waals surface area contributed by atoms with E-state index in [0.29, 0.717) is 5.41 Å². The predicted molar refractivity (Wildman–Crippen MR) is 71.4 cm³/mol. The number of nitrogens with zero attached hydrogens (tertiary/aromatic N) is 2. The fourth-order valence-corrected chi connectivity index (χ4v) is 1.91. The second kappa shape index (κ2) is 4.90. The Kier molecular flexibility index (Phi) is 3.50. The second-order valence-corrected chi connectivity index (χ2v) is 5.10. The molecule has 17 heavy (non-hydrogen) atoms. The van der Waals surface area contributed by atoms with E-state index in [-0.39, 0.29) is 0 Å². The van der Waals surface area contributed by atoms with Gasteiger partial charge in [-0.3, -0.25) is 0 Å². The van der Waals surface area contributed by atoms with Crippen LogP contribution in [0.5, 0.6) is 0 Å². The van der Waals surface area contributed by atoms with Crippen LogP contribution in [0.2, 0.25) is 0 Å². The summed E-state index contributed by atoms with van der Waals surface area (Å²) in [5.74, 6) is 1.96. The summed E-state index contributed by atoms with van der Waals surface area (Å²) in [6, 6.07) is 0. The third-order valence-corrected chi connectivity index (χ3v) is 3.43. The molecular weight excluding hydrogens is 212 g/mol. The molecule has 4 heteroatoms. The third-order valence-electron chi connectivity index (χ3n) is 3.43. The minimum atomic E-state index is 0.494. The number of anilines is 2. The summed E-state index contributed by atoms with van der Waals surface area (Å²) in [4.78, 5) is 8.66. The maximum absolute atomic E-state index is 4.36. The molecule has 1 aliphatic carbocycles. The van der Waals surface area contributed by atoms with E-state index >= 15 is 0 Å². The van der Waals surface area contributed by atoms with Crippen molar-refractivity contribution in [3.8, 4) is 0 Å². The molecule has 0 radical (unpaired) electrons. The van der Waals surface area contributed by atoms with E-state index in [0.717, 1.165) is 31.1 Å². The van der Waals surface area contributed by atoms with E-state index in [1.807, 2.05) is 0 Å². The zero-order valence-electron chi connectivity index (χ0n) is 11.0. The largest absolute Gasteiger partial charge is 0.370 e. The predicted octanol–water partition coefficient (Wildman–Crippen LogP) is 2.68. The van der Waals surface area contributed by atoms with Crippen molar-refractivity contribution in [2.75, 3.05) is 23.7 Å². The fourth-order valence-electron chi connectivity index (χ4n) is 1.91. The van der Waals surface area contributed by atoms with Gasteiger partial charge in [-0.15, -0.1) is 0 Å². The lowest BCUT2D eigenvalue weighted by Crippen LogP contribution is -2.15. The van der Waals surface area contributed by atoms with Gasteiger partial charge in [0.05, 0.1) is 0 Å². The first-order valence-corrected chi connectivity index (χ1v) is 6.50. The average Bonchev–Trinajstić information content (AvgIpc) is 3.06. The molecule has 0 aromatic carbocycles. The highest BCUT2D eigenvalue weighted by Gasteiger charge is 2.37. The average molecular weight is 234 g/mol. The molecule has 1 saturated carbocycles. The SMILES string of the molecule is CCNc1ncnc(NCC2(C)CC2)c1CC. The highest BCUT2D eigenvalue weighted by Crippen LogP contribution is 2.44. The van der Waals surface area contributed by atoms with Crippen LogP contribution in [0.15, 0.2) is 6.33 Å². The minimum Gasteiger partial charge on any atom is -0.370 e. The van der Waals surface area contributed by atoms with Crippen LogP contribution in [0.4, 0.5) is 11.6 Å². The lowest BCUT2D eigenvalue weighted by atomic mass is 10.1. The topological polar surface area (TPSA) is 49.8 Å². The van der Waals surface area contributed by atoms with E-state index < -0.39 is 0 Å². The summed E-state index contributed by atoms with van der Waals surface area (Å²) in [5.41, 5.74) is 1.69. The summed E-state index contributed by atoms with van der Waals surface area (Å²) in [6.45, 7) is 8.45. The second-order valence-electron chi connectivity index (χ2n) is 5.10. The van der Waals surface area contributed by atoms with Gasteiger partial charge in [0.15, 0.2) is 0 Å². The minimum absolute atomic E-state index is 0.494. The van der Waals surface area contributed by atoms with Gasteiger partial charge < -0.3 is 10.6 Å². The van der Waals surface area contributed by atoms with E-state index in [4.69, 9.17) is 0 Å². The molecule has 1 aromatic heterocycles. The Morgan fingerprint density at radius 3 is 2.35 bits per heavy atom. The van der Waals surface area contributed by atoms with Gasteiger partial charge in [-0.05, 0) is 31.6 Å². The van der Waals surface area contributed by atoms with Crippen LogP contribution in [0.3, 0.4) is 0 Å². The molecular formula is C13H22N4. The van der Waals surface area contributed by atoms with Crippen molar-refractivity contribution in [2.45, 2.75) is 40.0 Å². The number of hydrogen-bond donors (Lipinski definition) is 2. The van der Waals surface area contributed by atoms with Gasteiger partial charge >= 0.3 is 0 Å². The van der Waals surface area contributed by atoms with Crippen molar-refractivity contribution < 1.29 is 0 Å². The normalized spacial score (nSPS) is 16.6. The lowest BCUT2D eigenvalue weighted by molar-refractivity contribution is 0.608. The lowest BCUT2D eigenvalue weighted by Gasteiger charge is -2.15. The molecule has 0 unspecified atom stereocenters. The molecule has 1 aromatic rings. The van der Waals surface area contributed by atoms with Crippen LogP contribution in [-0.4, -0.2) is 23.1 Å². The van der Waals surface area contributed by atoms with Gasteiger partial charge in [-0.25, -0.2) is 9.97 Å². The quantitative estimate of drug-likeness (QED) is 0.794. The summed E-state index contributed by atoms with van der Waals surface area (Å²) in [7, 11) is 0. The Morgan fingerprint density at radius 1 is 1.18 bits per heavy atom. The van der Waals surface area contributed by atoms with Gasteiger partial charge in [0.1, 0.15) is 18.0 Å². The summed E-state index contributed by atoms with van der Waals surface area (Å²) < 4.78 is 0. The highest BCUT2D eigenvalue weighted by molar-refractivity contribution is 5.57. The van der Waals surface area contributed by atoms with Crippen molar-refractivity contribution >= 4 is 11.6 Å². The zero-order chi connectivity index (χ0) is 12.3. The van der Waals surface area contributed by atoms with E-state index in [9.17, 15) is 0 Å². The first-order chi connectivity index (χ1) is 8.18. The molecule has 0 atom stereocenters. The molecule has 1 fully saturated rings. The van der Waals surface area contributed by atoms with Gasteiger partial charge in [0.2, 0.25) is 0 Å².